The molecule has 3 nitrogen and oxygen atoms in total. The van der Waals surface area contributed by atoms with E-state index in [0.717, 1.165) is 24.2 Å². The van der Waals surface area contributed by atoms with Gasteiger partial charge in [-0.25, -0.2) is 0 Å². The molecule has 0 radical (unpaired) electrons. The summed E-state index contributed by atoms with van der Waals surface area (Å²) in [7, 11) is 0. The first-order valence-corrected chi connectivity index (χ1v) is 7.62. The van der Waals surface area contributed by atoms with Crippen LogP contribution >= 0.6 is 0 Å². The van der Waals surface area contributed by atoms with E-state index >= 15 is 0 Å². The predicted molar refractivity (Wildman–Crippen MR) is 74.3 cm³/mol. The van der Waals surface area contributed by atoms with Gasteiger partial charge in [-0.05, 0) is 57.3 Å². The standard InChI is InChI=1S/C15H28N2O/c1-4-10(2)16-9-15(18)17-11(3)14-8-12-5-6-13(14)7-12/h10-14,16H,4-9H2,1-3H3,(H,17,18). The Morgan fingerprint density at radius 2 is 2.06 bits per heavy atom. The van der Waals surface area contributed by atoms with Gasteiger partial charge < -0.3 is 10.6 Å². The molecule has 2 aliphatic rings. The third kappa shape index (κ3) is 3.25. The Morgan fingerprint density at radius 1 is 1.28 bits per heavy atom. The summed E-state index contributed by atoms with van der Waals surface area (Å²) in [6, 6.07) is 0.778. The van der Waals surface area contributed by atoms with Crippen molar-refractivity contribution in [2.45, 2.75) is 65.0 Å². The smallest absolute Gasteiger partial charge is 0.234 e. The second kappa shape index (κ2) is 6.05. The molecule has 5 unspecified atom stereocenters. The molecule has 1 amide bonds. The third-order valence-corrected chi connectivity index (χ3v) is 5.05. The molecule has 2 fully saturated rings. The summed E-state index contributed by atoms with van der Waals surface area (Å²) in [6.45, 7) is 6.90. The molecule has 18 heavy (non-hydrogen) atoms. The Balaban J connectivity index is 1.70. The predicted octanol–water partition coefficient (Wildman–Crippen LogP) is 2.32. The van der Waals surface area contributed by atoms with Gasteiger partial charge in [0.15, 0.2) is 0 Å². The first kappa shape index (κ1) is 13.9. The highest BCUT2D eigenvalue weighted by Gasteiger charge is 2.41. The van der Waals surface area contributed by atoms with Crippen molar-refractivity contribution in [3.63, 3.8) is 0 Å². The fourth-order valence-corrected chi connectivity index (χ4v) is 3.73. The van der Waals surface area contributed by atoms with Crippen molar-refractivity contribution in [3.05, 3.63) is 0 Å². The van der Waals surface area contributed by atoms with Crippen molar-refractivity contribution >= 4 is 5.91 Å². The Morgan fingerprint density at radius 3 is 2.61 bits per heavy atom. The van der Waals surface area contributed by atoms with Gasteiger partial charge in [0.2, 0.25) is 5.91 Å². The highest BCUT2D eigenvalue weighted by Crippen LogP contribution is 2.49. The van der Waals surface area contributed by atoms with Crippen LogP contribution in [0.25, 0.3) is 0 Å². The van der Waals surface area contributed by atoms with Crippen LogP contribution in [-0.2, 0) is 4.79 Å². The molecule has 0 aromatic carbocycles. The quantitative estimate of drug-likeness (QED) is 0.761. The average Bonchev–Trinajstić information content (AvgIpc) is 2.97. The van der Waals surface area contributed by atoms with Crippen LogP contribution in [0.3, 0.4) is 0 Å². The summed E-state index contributed by atoms with van der Waals surface area (Å²) < 4.78 is 0. The van der Waals surface area contributed by atoms with Crippen molar-refractivity contribution in [1.29, 1.82) is 0 Å². The van der Waals surface area contributed by atoms with E-state index in [2.05, 4.69) is 31.4 Å². The average molecular weight is 252 g/mol. The maximum Gasteiger partial charge on any atom is 0.234 e. The lowest BCUT2D eigenvalue weighted by atomic mass is 9.84. The normalized spacial score (nSPS) is 33.4. The highest BCUT2D eigenvalue weighted by atomic mass is 16.1. The molecule has 0 aliphatic heterocycles. The first-order chi connectivity index (χ1) is 8.60. The number of carbonyl (C=O) groups is 1. The lowest BCUT2D eigenvalue weighted by Crippen LogP contribution is -2.45. The Bertz CT molecular complexity index is 292. The van der Waals surface area contributed by atoms with Gasteiger partial charge in [0.25, 0.3) is 0 Å². The van der Waals surface area contributed by atoms with E-state index in [1.807, 2.05) is 0 Å². The molecule has 0 spiro atoms. The minimum absolute atomic E-state index is 0.158. The van der Waals surface area contributed by atoms with Gasteiger partial charge in [0, 0.05) is 12.1 Å². The second-order valence-corrected chi connectivity index (χ2v) is 6.39. The van der Waals surface area contributed by atoms with Crippen LogP contribution in [0.5, 0.6) is 0 Å². The first-order valence-electron chi connectivity index (χ1n) is 7.62. The third-order valence-electron chi connectivity index (χ3n) is 5.05. The van der Waals surface area contributed by atoms with Crippen molar-refractivity contribution in [1.82, 2.24) is 10.6 Å². The molecule has 104 valence electrons. The van der Waals surface area contributed by atoms with Crippen LogP contribution in [0.1, 0.15) is 52.9 Å². The van der Waals surface area contributed by atoms with E-state index in [9.17, 15) is 4.79 Å². The van der Waals surface area contributed by atoms with Gasteiger partial charge in [-0.15, -0.1) is 0 Å². The minimum atomic E-state index is 0.158. The molecule has 2 rings (SSSR count). The van der Waals surface area contributed by atoms with Crippen LogP contribution in [0, 0.1) is 17.8 Å². The van der Waals surface area contributed by atoms with Crippen LogP contribution in [0.4, 0.5) is 0 Å². The molecule has 0 heterocycles. The van der Waals surface area contributed by atoms with E-state index in [1.165, 1.54) is 25.7 Å². The minimum Gasteiger partial charge on any atom is -0.352 e. The van der Waals surface area contributed by atoms with Gasteiger partial charge in [-0.3, -0.25) is 4.79 Å². The topological polar surface area (TPSA) is 41.1 Å². The number of hydrogen-bond donors (Lipinski definition) is 2. The summed E-state index contributed by atoms with van der Waals surface area (Å²) in [6.07, 6.45) is 6.63. The molecular weight excluding hydrogens is 224 g/mol. The van der Waals surface area contributed by atoms with Crippen LogP contribution in [0.15, 0.2) is 0 Å². The van der Waals surface area contributed by atoms with E-state index in [0.29, 0.717) is 18.6 Å². The monoisotopic (exact) mass is 252 g/mol. The van der Waals surface area contributed by atoms with Crippen molar-refractivity contribution in [3.8, 4) is 0 Å². The van der Waals surface area contributed by atoms with Gasteiger partial charge in [0.05, 0.1) is 6.54 Å². The maximum absolute atomic E-state index is 11.9. The molecular formula is C15H28N2O. The zero-order valence-electron chi connectivity index (χ0n) is 12.0. The van der Waals surface area contributed by atoms with Crippen molar-refractivity contribution in [2.24, 2.45) is 17.8 Å². The van der Waals surface area contributed by atoms with Crippen LogP contribution in [-0.4, -0.2) is 24.5 Å². The molecule has 5 atom stereocenters. The van der Waals surface area contributed by atoms with Crippen LogP contribution in [0.2, 0.25) is 0 Å². The Kier molecular flexibility index (Phi) is 4.66. The SMILES string of the molecule is CCC(C)NCC(=O)NC(C)C1CC2CCC1C2. The van der Waals surface area contributed by atoms with E-state index in [4.69, 9.17) is 0 Å². The molecule has 2 saturated carbocycles. The van der Waals surface area contributed by atoms with Gasteiger partial charge in [-0.2, -0.15) is 0 Å². The fraction of sp³-hybridized carbons (Fsp3) is 0.933. The molecule has 2 aliphatic carbocycles. The number of fused-ring (bicyclic) bond motifs is 2. The molecule has 3 heteroatoms. The van der Waals surface area contributed by atoms with Gasteiger partial charge >= 0.3 is 0 Å². The zero-order valence-corrected chi connectivity index (χ0v) is 12.0. The number of amides is 1. The number of nitrogens with one attached hydrogen (secondary N) is 2. The van der Waals surface area contributed by atoms with Crippen molar-refractivity contribution < 1.29 is 4.79 Å². The summed E-state index contributed by atoms with van der Waals surface area (Å²) in [5, 5.41) is 6.43. The van der Waals surface area contributed by atoms with Gasteiger partial charge in [-0.1, -0.05) is 13.3 Å². The highest BCUT2D eigenvalue weighted by molar-refractivity contribution is 5.78. The van der Waals surface area contributed by atoms with E-state index in [1.54, 1.807) is 0 Å². The molecule has 2 N–H and O–H groups in total. The number of hydrogen-bond acceptors (Lipinski definition) is 2. The molecule has 0 aromatic heterocycles. The summed E-state index contributed by atoms with van der Waals surface area (Å²) >= 11 is 0. The Hall–Kier alpha value is -0.570. The second-order valence-electron chi connectivity index (χ2n) is 6.39. The summed E-state index contributed by atoms with van der Waals surface area (Å²) in [5.74, 6) is 2.73. The summed E-state index contributed by atoms with van der Waals surface area (Å²) in [5.41, 5.74) is 0. The zero-order chi connectivity index (χ0) is 13.1. The van der Waals surface area contributed by atoms with Gasteiger partial charge in [0.1, 0.15) is 0 Å². The molecule has 2 bridgehead atoms. The lowest BCUT2D eigenvalue weighted by Gasteiger charge is -2.28. The van der Waals surface area contributed by atoms with E-state index in [-0.39, 0.29) is 5.91 Å². The molecule has 0 aromatic rings. The largest absolute Gasteiger partial charge is 0.352 e. The molecule has 0 saturated heterocycles. The Labute approximate surface area is 111 Å². The van der Waals surface area contributed by atoms with E-state index < -0.39 is 0 Å². The van der Waals surface area contributed by atoms with Crippen molar-refractivity contribution in [2.75, 3.05) is 6.54 Å². The number of carbonyl (C=O) groups excluding carboxylic acids is 1. The number of rotatable bonds is 6. The summed E-state index contributed by atoms with van der Waals surface area (Å²) in [4.78, 5) is 11.9. The van der Waals surface area contributed by atoms with Crippen LogP contribution < -0.4 is 10.6 Å². The fourth-order valence-electron chi connectivity index (χ4n) is 3.73. The lowest BCUT2D eigenvalue weighted by molar-refractivity contribution is -0.121. The maximum atomic E-state index is 11.9.